The summed E-state index contributed by atoms with van der Waals surface area (Å²) in [5, 5.41) is 0. The van der Waals surface area contributed by atoms with Gasteiger partial charge in [0.25, 0.3) is 5.56 Å². The van der Waals surface area contributed by atoms with Crippen molar-refractivity contribution in [2.45, 2.75) is 13.5 Å². The first-order valence-electron chi connectivity index (χ1n) is 8.76. The third-order valence-corrected chi connectivity index (χ3v) is 5.75. The van der Waals surface area contributed by atoms with E-state index in [-0.39, 0.29) is 29.2 Å². The van der Waals surface area contributed by atoms with Crippen LogP contribution < -0.4 is 5.56 Å². The number of aromatic nitrogens is 2. The molecular formula is C19H22N4O3. The number of hydrogen-bond acceptors (Lipinski definition) is 4. The Morgan fingerprint density at radius 2 is 1.54 bits per heavy atom. The topological polar surface area (TPSA) is 67.6 Å². The number of hydrogen-bond donors (Lipinski definition) is 0. The van der Waals surface area contributed by atoms with Gasteiger partial charge in [0.15, 0.2) is 0 Å². The lowest BCUT2D eigenvalue weighted by Gasteiger charge is -2.17. The van der Waals surface area contributed by atoms with E-state index in [9.17, 15) is 14.4 Å². The van der Waals surface area contributed by atoms with Gasteiger partial charge in [-0.2, -0.15) is 0 Å². The summed E-state index contributed by atoms with van der Waals surface area (Å²) in [5.41, 5.74) is 2.37. The molecule has 0 unspecified atom stereocenters. The Labute approximate surface area is 151 Å². The first-order valence-corrected chi connectivity index (χ1v) is 8.76. The number of fused-ring (bicyclic) bond motifs is 1. The molecule has 2 atom stereocenters. The molecule has 0 spiro atoms. The molecule has 2 aliphatic heterocycles. The average Bonchev–Trinajstić information content (AvgIpc) is 3.21. The van der Waals surface area contributed by atoms with Crippen molar-refractivity contribution in [2.75, 3.05) is 20.1 Å². The van der Waals surface area contributed by atoms with Crippen LogP contribution in [0.15, 0.2) is 35.1 Å². The molecule has 26 heavy (non-hydrogen) atoms. The largest absolute Gasteiger partial charge is 0.297 e. The summed E-state index contributed by atoms with van der Waals surface area (Å²) in [6.45, 7) is 3.43. The summed E-state index contributed by atoms with van der Waals surface area (Å²) in [6, 6.07) is 9.52. The van der Waals surface area contributed by atoms with Crippen molar-refractivity contribution >= 4 is 11.8 Å². The molecule has 0 bridgehead atoms. The summed E-state index contributed by atoms with van der Waals surface area (Å²) in [5.74, 6) is -0.747. The number of carbonyl (C=O) groups excluding carboxylic acids is 2. The third kappa shape index (κ3) is 2.34. The van der Waals surface area contributed by atoms with Gasteiger partial charge in [-0.1, -0.05) is 18.2 Å². The van der Waals surface area contributed by atoms with Crippen LogP contribution in [0.5, 0.6) is 0 Å². The minimum atomic E-state index is -0.270. The highest BCUT2D eigenvalue weighted by molar-refractivity contribution is 6.05. The normalized spacial score (nSPS) is 23.1. The monoisotopic (exact) mass is 354 g/mol. The van der Waals surface area contributed by atoms with Crippen LogP contribution >= 0.6 is 0 Å². The fourth-order valence-electron chi connectivity index (χ4n) is 4.15. The second-order valence-corrected chi connectivity index (χ2v) is 7.18. The number of nitrogens with zero attached hydrogens (tertiary/aromatic N) is 4. The number of benzene rings is 1. The Morgan fingerprint density at radius 1 is 0.962 bits per heavy atom. The zero-order valence-corrected chi connectivity index (χ0v) is 15.2. The van der Waals surface area contributed by atoms with Gasteiger partial charge in [-0.05, 0) is 19.1 Å². The molecule has 7 nitrogen and oxygen atoms in total. The van der Waals surface area contributed by atoms with Crippen molar-refractivity contribution in [1.82, 2.24) is 19.2 Å². The number of imide groups is 1. The molecule has 2 aromatic rings. The van der Waals surface area contributed by atoms with Crippen LogP contribution in [-0.2, 0) is 23.2 Å². The maximum absolute atomic E-state index is 13.0. The molecule has 0 aliphatic carbocycles. The molecule has 2 aliphatic rings. The van der Waals surface area contributed by atoms with Crippen LogP contribution in [0.1, 0.15) is 11.3 Å². The lowest BCUT2D eigenvalue weighted by atomic mass is 10.00. The van der Waals surface area contributed by atoms with E-state index >= 15 is 0 Å². The van der Waals surface area contributed by atoms with Gasteiger partial charge in [0, 0.05) is 39.4 Å². The number of para-hydroxylation sites is 1. The van der Waals surface area contributed by atoms with Crippen molar-refractivity contribution in [3.63, 3.8) is 0 Å². The van der Waals surface area contributed by atoms with Gasteiger partial charge in [0.2, 0.25) is 11.8 Å². The van der Waals surface area contributed by atoms with Crippen LogP contribution in [0, 0.1) is 18.8 Å². The molecular weight excluding hydrogens is 332 g/mol. The Balaban J connectivity index is 1.62. The molecule has 2 fully saturated rings. The summed E-state index contributed by atoms with van der Waals surface area (Å²) in [6.07, 6.45) is 0. The lowest BCUT2D eigenvalue weighted by molar-refractivity contribution is -0.138. The van der Waals surface area contributed by atoms with E-state index in [4.69, 9.17) is 0 Å². The van der Waals surface area contributed by atoms with Crippen molar-refractivity contribution in [2.24, 2.45) is 18.9 Å². The number of amides is 2. The summed E-state index contributed by atoms with van der Waals surface area (Å²) in [4.78, 5) is 40.7. The molecule has 2 saturated heterocycles. The van der Waals surface area contributed by atoms with Gasteiger partial charge in [0.05, 0.1) is 23.1 Å². The quantitative estimate of drug-likeness (QED) is 0.754. The third-order valence-electron chi connectivity index (χ3n) is 5.75. The van der Waals surface area contributed by atoms with E-state index in [0.29, 0.717) is 25.2 Å². The van der Waals surface area contributed by atoms with Crippen molar-refractivity contribution < 1.29 is 9.59 Å². The highest BCUT2D eigenvalue weighted by Crippen LogP contribution is 2.33. The van der Waals surface area contributed by atoms with Crippen LogP contribution in [0.3, 0.4) is 0 Å². The molecule has 0 radical (unpaired) electrons. The van der Waals surface area contributed by atoms with Gasteiger partial charge in [-0.3, -0.25) is 28.9 Å². The minimum absolute atomic E-state index is 0.0527. The minimum Gasteiger partial charge on any atom is -0.297 e. The van der Waals surface area contributed by atoms with Crippen molar-refractivity contribution in [3.05, 3.63) is 51.9 Å². The molecule has 0 N–H and O–H groups in total. The summed E-state index contributed by atoms with van der Waals surface area (Å²) < 4.78 is 3.51. The molecule has 2 amide bonds. The van der Waals surface area contributed by atoms with Gasteiger partial charge in [0.1, 0.15) is 0 Å². The maximum Gasteiger partial charge on any atom is 0.276 e. The number of rotatable bonds is 3. The summed E-state index contributed by atoms with van der Waals surface area (Å²) in [7, 11) is 3.42. The van der Waals surface area contributed by atoms with Crippen LogP contribution in [-0.4, -0.2) is 51.1 Å². The number of carbonyl (C=O) groups is 2. The molecule has 3 heterocycles. The van der Waals surface area contributed by atoms with Gasteiger partial charge in [-0.25, -0.2) is 4.68 Å². The van der Waals surface area contributed by atoms with Gasteiger partial charge < -0.3 is 0 Å². The second kappa shape index (κ2) is 5.95. The van der Waals surface area contributed by atoms with Crippen molar-refractivity contribution in [1.29, 1.82) is 0 Å². The molecule has 136 valence electrons. The van der Waals surface area contributed by atoms with Crippen LogP contribution in [0.2, 0.25) is 0 Å². The maximum atomic E-state index is 13.0. The highest BCUT2D eigenvalue weighted by Gasteiger charge is 2.50. The van der Waals surface area contributed by atoms with E-state index in [2.05, 4.69) is 4.90 Å². The van der Waals surface area contributed by atoms with E-state index < -0.39 is 0 Å². The Hall–Kier alpha value is -2.67. The van der Waals surface area contributed by atoms with Gasteiger partial charge in [-0.15, -0.1) is 0 Å². The molecule has 4 rings (SSSR count). The van der Waals surface area contributed by atoms with E-state index in [1.165, 1.54) is 4.90 Å². The molecule has 0 saturated carbocycles. The highest BCUT2D eigenvalue weighted by atomic mass is 16.2. The summed E-state index contributed by atoms with van der Waals surface area (Å²) >= 11 is 0. The van der Waals surface area contributed by atoms with Crippen LogP contribution in [0.4, 0.5) is 0 Å². The molecule has 1 aromatic carbocycles. The first-order chi connectivity index (χ1) is 12.4. The smallest absolute Gasteiger partial charge is 0.276 e. The molecule has 7 heteroatoms. The first kappa shape index (κ1) is 16.8. The van der Waals surface area contributed by atoms with Crippen molar-refractivity contribution in [3.8, 4) is 5.69 Å². The Bertz CT molecular complexity index is 920. The van der Waals surface area contributed by atoms with Gasteiger partial charge >= 0.3 is 0 Å². The average molecular weight is 354 g/mol. The zero-order valence-electron chi connectivity index (χ0n) is 15.2. The zero-order chi connectivity index (χ0) is 18.6. The van der Waals surface area contributed by atoms with Crippen LogP contribution in [0.25, 0.3) is 5.69 Å². The fourth-order valence-corrected chi connectivity index (χ4v) is 4.15. The SMILES string of the molecule is Cc1c(CN2C[C@@H]3C(=O)N(C)C(=O)[C@@H]3C2)c(=O)n(-c2ccccc2)n1C. The Kier molecular flexibility index (Phi) is 3.84. The number of likely N-dealkylation sites (tertiary alicyclic amines) is 2. The van der Waals surface area contributed by atoms with E-state index in [0.717, 1.165) is 11.4 Å². The van der Waals surface area contributed by atoms with E-state index in [1.54, 1.807) is 11.7 Å². The Morgan fingerprint density at radius 3 is 2.12 bits per heavy atom. The second-order valence-electron chi connectivity index (χ2n) is 7.18. The lowest BCUT2D eigenvalue weighted by Crippen LogP contribution is -2.33. The van der Waals surface area contributed by atoms with E-state index in [1.807, 2.05) is 49.0 Å². The fraction of sp³-hybridized carbons (Fsp3) is 0.421. The predicted molar refractivity (Wildman–Crippen MR) is 95.8 cm³/mol. The molecule has 1 aromatic heterocycles. The standard InChI is InChI=1S/C19H22N4O3/c1-12-14(19(26)23(21(12)3)13-7-5-4-6-8-13)9-22-10-15-16(11-22)18(25)20(2)17(15)24/h4-8,15-16H,9-11H2,1-3H3/t15-,16+. The predicted octanol–water partition coefficient (Wildman–Crippen LogP) is 0.531.